The topological polar surface area (TPSA) is 59.9 Å². The first kappa shape index (κ1) is 23.5. The second-order valence-electron chi connectivity index (χ2n) is 6.55. The van der Waals surface area contributed by atoms with Crippen LogP contribution in [0.5, 0.6) is 11.5 Å². The van der Waals surface area contributed by atoms with Crippen LogP contribution >= 0.6 is 45.2 Å². The van der Waals surface area contributed by atoms with Crippen LogP contribution in [0.3, 0.4) is 0 Å². The van der Waals surface area contributed by atoms with Gasteiger partial charge in [-0.15, -0.1) is 0 Å². The predicted octanol–water partition coefficient (Wildman–Crippen LogP) is 5.32. The molecule has 1 N–H and O–H groups in total. The van der Waals surface area contributed by atoms with Crippen molar-refractivity contribution in [2.75, 3.05) is 7.11 Å². The number of nitrogens with zero attached hydrogens (tertiary/aromatic N) is 1. The fourth-order valence-electron chi connectivity index (χ4n) is 2.70. The summed E-state index contributed by atoms with van der Waals surface area (Å²) in [6, 6.07) is 17.6. The molecule has 3 aromatic rings. The van der Waals surface area contributed by atoms with E-state index in [1.165, 1.54) is 21.9 Å². The number of hydrogen-bond donors (Lipinski definition) is 1. The standard InChI is InChI=1S/C23H19FI2N2O3/c1-30-21-11-17(13-27-28-22(29)12-15-2-6-18(24)7-3-15)10-20(26)23(21)31-14-16-4-8-19(25)9-5-16/h2-11,13H,12,14H2,1H3,(H,28,29)/b27-13+. The van der Waals surface area contributed by atoms with Crippen LogP contribution in [0, 0.1) is 13.0 Å². The van der Waals surface area contributed by atoms with Gasteiger partial charge in [0.05, 0.1) is 23.3 Å². The van der Waals surface area contributed by atoms with Crippen molar-refractivity contribution in [2.24, 2.45) is 5.10 Å². The summed E-state index contributed by atoms with van der Waals surface area (Å²) in [5.74, 6) is 0.606. The summed E-state index contributed by atoms with van der Waals surface area (Å²) < 4.78 is 26.4. The molecule has 160 valence electrons. The number of carbonyl (C=O) groups excluding carboxylic acids is 1. The number of nitrogens with one attached hydrogen (secondary N) is 1. The summed E-state index contributed by atoms with van der Waals surface area (Å²) in [4.78, 5) is 12.0. The van der Waals surface area contributed by atoms with Crippen LogP contribution in [0.2, 0.25) is 0 Å². The quantitative estimate of drug-likeness (QED) is 0.206. The molecule has 0 aliphatic carbocycles. The third-order valence-electron chi connectivity index (χ3n) is 4.23. The molecule has 0 unspecified atom stereocenters. The van der Waals surface area contributed by atoms with Gasteiger partial charge in [0.15, 0.2) is 11.5 Å². The van der Waals surface area contributed by atoms with E-state index in [0.717, 1.165) is 14.7 Å². The van der Waals surface area contributed by atoms with E-state index in [9.17, 15) is 9.18 Å². The highest BCUT2D eigenvalue weighted by molar-refractivity contribution is 14.1. The van der Waals surface area contributed by atoms with Gasteiger partial charge in [0, 0.05) is 3.57 Å². The molecule has 5 nitrogen and oxygen atoms in total. The molecule has 8 heteroatoms. The number of benzene rings is 3. The fourth-order valence-corrected chi connectivity index (χ4v) is 3.84. The van der Waals surface area contributed by atoms with Gasteiger partial charge in [0.25, 0.3) is 0 Å². The Balaban J connectivity index is 1.62. The van der Waals surface area contributed by atoms with Crippen LogP contribution in [0.1, 0.15) is 16.7 Å². The van der Waals surface area contributed by atoms with Gasteiger partial charge < -0.3 is 9.47 Å². The van der Waals surface area contributed by atoms with Gasteiger partial charge in [-0.05, 0) is 98.3 Å². The Morgan fingerprint density at radius 2 is 1.74 bits per heavy atom. The number of hydrogen-bond acceptors (Lipinski definition) is 4. The summed E-state index contributed by atoms with van der Waals surface area (Å²) in [7, 11) is 1.58. The number of rotatable bonds is 8. The zero-order valence-corrected chi connectivity index (χ0v) is 20.9. The van der Waals surface area contributed by atoms with Crippen molar-refractivity contribution in [1.29, 1.82) is 0 Å². The smallest absolute Gasteiger partial charge is 0.244 e. The Hall–Kier alpha value is -2.21. The molecular formula is C23H19FI2N2O3. The first-order valence-electron chi connectivity index (χ1n) is 9.25. The van der Waals surface area contributed by atoms with Crippen molar-refractivity contribution in [1.82, 2.24) is 5.43 Å². The lowest BCUT2D eigenvalue weighted by Gasteiger charge is -2.13. The van der Waals surface area contributed by atoms with Crippen molar-refractivity contribution in [3.63, 3.8) is 0 Å². The number of hydrazone groups is 1. The average molecular weight is 644 g/mol. The number of halogens is 3. The van der Waals surface area contributed by atoms with Gasteiger partial charge in [-0.3, -0.25) is 4.79 Å². The van der Waals surface area contributed by atoms with Gasteiger partial charge in [-0.2, -0.15) is 5.10 Å². The fraction of sp³-hybridized carbons (Fsp3) is 0.130. The molecule has 0 heterocycles. The Kier molecular flexibility index (Phi) is 8.64. The maximum atomic E-state index is 12.9. The molecule has 0 aromatic heterocycles. The maximum absolute atomic E-state index is 12.9. The van der Waals surface area contributed by atoms with E-state index in [1.54, 1.807) is 25.3 Å². The monoisotopic (exact) mass is 644 g/mol. The SMILES string of the molecule is COc1cc(/C=N/NC(=O)Cc2ccc(F)cc2)cc(I)c1OCc1ccc(I)cc1. The van der Waals surface area contributed by atoms with Crippen LogP contribution in [0.15, 0.2) is 65.8 Å². The summed E-state index contributed by atoms with van der Waals surface area (Å²) >= 11 is 4.44. The van der Waals surface area contributed by atoms with Crippen LogP contribution in [0.4, 0.5) is 4.39 Å². The molecule has 3 aromatic carbocycles. The highest BCUT2D eigenvalue weighted by Gasteiger charge is 2.12. The van der Waals surface area contributed by atoms with E-state index in [2.05, 4.69) is 55.7 Å². The molecule has 0 radical (unpaired) electrons. The molecular weight excluding hydrogens is 625 g/mol. The molecule has 0 spiro atoms. The number of methoxy groups -OCH3 is 1. The third kappa shape index (κ3) is 7.17. The number of amides is 1. The van der Waals surface area contributed by atoms with Crippen LogP contribution in [-0.2, 0) is 17.8 Å². The highest BCUT2D eigenvalue weighted by atomic mass is 127. The lowest BCUT2D eigenvalue weighted by molar-refractivity contribution is -0.120. The molecule has 0 aliphatic rings. The summed E-state index contributed by atoms with van der Waals surface area (Å²) in [5.41, 5.74) is 5.00. The van der Waals surface area contributed by atoms with Gasteiger partial charge in [0.1, 0.15) is 12.4 Å². The summed E-state index contributed by atoms with van der Waals surface area (Å²) in [6.45, 7) is 0.427. The second kappa shape index (κ2) is 11.4. The first-order chi connectivity index (χ1) is 14.9. The molecule has 31 heavy (non-hydrogen) atoms. The highest BCUT2D eigenvalue weighted by Crippen LogP contribution is 2.34. The second-order valence-corrected chi connectivity index (χ2v) is 8.95. The van der Waals surface area contributed by atoms with E-state index in [-0.39, 0.29) is 18.1 Å². The molecule has 0 atom stereocenters. The zero-order chi connectivity index (χ0) is 22.2. The van der Waals surface area contributed by atoms with E-state index >= 15 is 0 Å². The third-order valence-corrected chi connectivity index (χ3v) is 5.75. The molecule has 0 fully saturated rings. The molecule has 0 bridgehead atoms. The van der Waals surface area contributed by atoms with Crippen LogP contribution in [0.25, 0.3) is 0 Å². The molecule has 1 amide bonds. The van der Waals surface area contributed by atoms with E-state index in [1.807, 2.05) is 30.3 Å². The van der Waals surface area contributed by atoms with Crippen molar-refractivity contribution >= 4 is 57.3 Å². The van der Waals surface area contributed by atoms with E-state index in [4.69, 9.17) is 9.47 Å². The normalized spacial score (nSPS) is 10.8. The van der Waals surface area contributed by atoms with Crippen LogP contribution < -0.4 is 14.9 Å². The van der Waals surface area contributed by atoms with E-state index < -0.39 is 0 Å². The van der Waals surface area contributed by atoms with Crippen molar-refractivity contribution in [2.45, 2.75) is 13.0 Å². The molecule has 0 saturated carbocycles. The number of ether oxygens (including phenoxy) is 2. The van der Waals surface area contributed by atoms with Gasteiger partial charge in [0.2, 0.25) is 5.91 Å². The summed E-state index contributed by atoms with van der Waals surface area (Å²) in [5, 5.41) is 4.00. The molecule has 0 saturated heterocycles. The lowest BCUT2D eigenvalue weighted by Crippen LogP contribution is -2.19. The Morgan fingerprint density at radius 3 is 2.42 bits per heavy atom. The maximum Gasteiger partial charge on any atom is 0.244 e. The first-order valence-corrected chi connectivity index (χ1v) is 11.4. The predicted molar refractivity (Wildman–Crippen MR) is 135 cm³/mol. The van der Waals surface area contributed by atoms with Crippen molar-refractivity contribution < 1.29 is 18.7 Å². The van der Waals surface area contributed by atoms with Crippen LogP contribution in [-0.4, -0.2) is 19.2 Å². The number of carbonyl (C=O) groups is 1. The van der Waals surface area contributed by atoms with Crippen molar-refractivity contribution in [3.05, 3.63) is 90.3 Å². The Morgan fingerprint density at radius 1 is 1.06 bits per heavy atom. The summed E-state index contributed by atoms with van der Waals surface area (Å²) in [6.07, 6.45) is 1.65. The Bertz CT molecular complexity index is 1070. The minimum Gasteiger partial charge on any atom is -0.493 e. The van der Waals surface area contributed by atoms with E-state index in [0.29, 0.717) is 23.7 Å². The largest absolute Gasteiger partial charge is 0.493 e. The molecule has 0 aliphatic heterocycles. The minimum atomic E-state index is -0.336. The van der Waals surface area contributed by atoms with Crippen molar-refractivity contribution in [3.8, 4) is 11.5 Å². The van der Waals surface area contributed by atoms with Gasteiger partial charge in [-0.25, -0.2) is 9.82 Å². The van der Waals surface area contributed by atoms with Gasteiger partial charge in [-0.1, -0.05) is 24.3 Å². The average Bonchev–Trinajstić information content (AvgIpc) is 2.75. The Labute approximate surface area is 207 Å². The molecule has 3 rings (SSSR count). The lowest BCUT2D eigenvalue weighted by atomic mass is 10.1. The minimum absolute atomic E-state index is 0.115. The van der Waals surface area contributed by atoms with Gasteiger partial charge >= 0.3 is 0 Å². The zero-order valence-electron chi connectivity index (χ0n) is 16.6.